The van der Waals surface area contributed by atoms with Gasteiger partial charge in [0, 0.05) is 37.8 Å². The molecule has 0 saturated carbocycles. The Hall–Kier alpha value is -5.13. The van der Waals surface area contributed by atoms with Crippen molar-refractivity contribution < 1.29 is 29.3 Å². The number of hydrogen-bond donors (Lipinski definition) is 7. The summed E-state index contributed by atoms with van der Waals surface area (Å²) in [5, 5.41) is 40.6. The Labute approximate surface area is 257 Å². The summed E-state index contributed by atoms with van der Waals surface area (Å²) in [6.07, 6.45) is 4.45. The quantitative estimate of drug-likeness (QED) is 0.0700. The van der Waals surface area contributed by atoms with Crippen LogP contribution in [0.1, 0.15) is 35.3 Å². The maximum absolute atomic E-state index is 12.6. The number of methoxy groups -OCH3 is 1. The van der Waals surface area contributed by atoms with Crippen LogP contribution in [0, 0.1) is 5.41 Å². The molecule has 7 N–H and O–H groups in total. The first kappa shape index (κ1) is 33.4. The highest BCUT2D eigenvalue weighted by Crippen LogP contribution is 2.34. The first-order valence-electron chi connectivity index (χ1n) is 14.0. The zero-order valence-electron chi connectivity index (χ0n) is 25.0. The molecule has 3 rings (SSSR count). The minimum Gasteiger partial charge on any atom is -0.506 e. The van der Waals surface area contributed by atoms with Crippen molar-refractivity contribution in [3.05, 3.63) is 101 Å². The molecule has 3 aromatic carbocycles. The van der Waals surface area contributed by atoms with E-state index in [1.807, 2.05) is 42.5 Å². The molecule has 1 unspecified atom stereocenters. The van der Waals surface area contributed by atoms with Gasteiger partial charge in [-0.05, 0) is 48.4 Å². The number of allylic oxidation sites excluding steroid dienone is 1. The molecule has 0 aliphatic heterocycles. The predicted molar refractivity (Wildman–Crippen MR) is 171 cm³/mol. The van der Waals surface area contributed by atoms with E-state index < -0.39 is 12.0 Å². The van der Waals surface area contributed by atoms with E-state index in [0.29, 0.717) is 41.3 Å². The number of phenolic OH excluding ortho intramolecular Hbond substituents is 1. The van der Waals surface area contributed by atoms with Gasteiger partial charge in [0.15, 0.2) is 0 Å². The third kappa shape index (κ3) is 9.45. The van der Waals surface area contributed by atoms with Crippen molar-refractivity contribution in [2.24, 2.45) is 0 Å². The summed E-state index contributed by atoms with van der Waals surface area (Å²) >= 11 is 0. The molecule has 232 valence electrons. The first-order chi connectivity index (χ1) is 21.3. The van der Waals surface area contributed by atoms with Crippen LogP contribution in [0.5, 0.6) is 17.2 Å². The average Bonchev–Trinajstić information content (AvgIpc) is 3.04. The predicted octanol–water partition coefficient (Wildman–Crippen LogP) is 3.64. The molecule has 0 radical (unpaired) electrons. The molecule has 0 aliphatic carbocycles. The third-order valence-corrected chi connectivity index (χ3v) is 6.63. The second-order valence-electron chi connectivity index (χ2n) is 9.64. The smallest absolute Gasteiger partial charge is 0.269 e. The molecule has 0 heterocycles. The SMILES string of the molecule is C/C=C\c1c(C(O)CNCc2ccc(CNC(=O)C(=N)/C=C(/COc3ccccc3)NC)cc2OC)ccc(O)c1NC=O. The maximum atomic E-state index is 12.6. The van der Waals surface area contributed by atoms with Crippen LogP contribution < -0.4 is 30.7 Å². The van der Waals surface area contributed by atoms with Crippen LogP contribution in [0.4, 0.5) is 5.69 Å². The number of ether oxygens (including phenoxy) is 2. The van der Waals surface area contributed by atoms with Crippen molar-refractivity contribution in [2.75, 3.05) is 32.6 Å². The van der Waals surface area contributed by atoms with Gasteiger partial charge in [-0.25, -0.2) is 0 Å². The van der Waals surface area contributed by atoms with Crippen molar-refractivity contribution in [3.8, 4) is 17.2 Å². The second-order valence-corrected chi connectivity index (χ2v) is 9.64. The standard InChI is InChI=1S/C33H39N5O6/c1-4-8-27-26(13-14-29(40)32(27)38-21-39)30(41)19-36-18-23-12-11-22(15-31(23)43-3)17-37-33(42)28(34)16-24(35-2)20-44-25-9-6-5-7-10-25/h4-16,21,30,34-36,40-41H,17-20H2,1-3H3,(H,37,42)(H,38,39)/b8-4-,24-16-,34-28?. The Balaban J connectivity index is 1.56. The van der Waals surface area contributed by atoms with E-state index in [4.69, 9.17) is 14.9 Å². The second kappa shape index (κ2) is 17.1. The number of rotatable bonds is 17. The van der Waals surface area contributed by atoms with Gasteiger partial charge in [0.1, 0.15) is 29.6 Å². The summed E-state index contributed by atoms with van der Waals surface area (Å²) in [5.74, 6) is 0.654. The lowest BCUT2D eigenvalue weighted by Crippen LogP contribution is -2.30. The number of benzene rings is 3. The van der Waals surface area contributed by atoms with Gasteiger partial charge in [-0.15, -0.1) is 0 Å². The van der Waals surface area contributed by atoms with E-state index in [9.17, 15) is 19.8 Å². The first-order valence-corrected chi connectivity index (χ1v) is 14.0. The maximum Gasteiger partial charge on any atom is 0.269 e. The molecule has 0 saturated heterocycles. The van der Waals surface area contributed by atoms with Crippen LogP contribution in [-0.2, 0) is 22.7 Å². The van der Waals surface area contributed by atoms with Crippen LogP contribution in [0.3, 0.4) is 0 Å². The molecule has 0 spiro atoms. The molecule has 11 heteroatoms. The van der Waals surface area contributed by atoms with Crippen LogP contribution >= 0.6 is 0 Å². The van der Waals surface area contributed by atoms with E-state index in [2.05, 4.69) is 21.3 Å². The van der Waals surface area contributed by atoms with Crippen LogP contribution in [0.2, 0.25) is 0 Å². The number of aromatic hydroxyl groups is 1. The fourth-order valence-corrected chi connectivity index (χ4v) is 4.35. The molecule has 11 nitrogen and oxygen atoms in total. The topological polar surface area (TPSA) is 165 Å². The van der Waals surface area contributed by atoms with E-state index in [1.54, 1.807) is 45.4 Å². The summed E-state index contributed by atoms with van der Waals surface area (Å²) in [6.45, 7) is 2.76. The Bertz CT molecular complexity index is 1490. The number of carbonyl (C=O) groups excluding carboxylic acids is 2. The minimum atomic E-state index is -0.924. The highest BCUT2D eigenvalue weighted by molar-refractivity contribution is 6.42. The lowest BCUT2D eigenvalue weighted by atomic mass is 9.99. The Kier molecular flexibility index (Phi) is 13.0. The molecule has 0 aliphatic rings. The Morgan fingerprint density at radius 3 is 2.55 bits per heavy atom. The molecule has 0 fully saturated rings. The molecule has 2 amide bonds. The lowest BCUT2D eigenvalue weighted by molar-refractivity contribution is -0.115. The van der Waals surface area contributed by atoms with Gasteiger partial charge < -0.3 is 41.0 Å². The number of aliphatic hydroxyl groups excluding tert-OH is 1. The molecule has 1 atom stereocenters. The number of phenols is 1. The summed E-state index contributed by atoms with van der Waals surface area (Å²) < 4.78 is 11.2. The fourth-order valence-electron chi connectivity index (χ4n) is 4.35. The molecular formula is C33H39N5O6. The summed E-state index contributed by atoms with van der Waals surface area (Å²) in [5.41, 5.74) is 3.28. The highest BCUT2D eigenvalue weighted by atomic mass is 16.5. The molecular weight excluding hydrogens is 562 g/mol. The summed E-state index contributed by atoms with van der Waals surface area (Å²) in [6, 6.07) is 17.8. The average molecular weight is 602 g/mol. The largest absolute Gasteiger partial charge is 0.506 e. The normalized spacial score (nSPS) is 12.0. The van der Waals surface area contributed by atoms with Gasteiger partial charge in [-0.3, -0.25) is 15.0 Å². The van der Waals surface area contributed by atoms with Crippen molar-refractivity contribution in [3.63, 3.8) is 0 Å². The zero-order valence-corrected chi connectivity index (χ0v) is 25.0. The fraction of sp³-hybridized carbons (Fsp3) is 0.242. The van der Waals surface area contributed by atoms with Gasteiger partial charge in [0.2, 0.25) is 6.41 Å². The minimum absolute atomic E-state index is 0.0976. The van der Waals surface area contributed by atoms with Crippen molar-refractivity contribution in [1.29, 1.82) is 5.41 Å². The monoisotopic (exact) mass is 601 g/mol. The number of carbonyl (C=O) groups is 2. The highest BCUT2D eigenvalue weighted by Gasteiger charge is 2.17. The number of nitrogens with one attached hydrogen (secondary N) is 5. The van der Waals surface area contributed by atoms with Crippen LogP contribution in [0.25, 0.3) is 6.08 Å². The number of aliphatic hydroxyl groups is 1. The third-order valence-electron chi connectivity index (χ3n) is 6.63. The molecule has 3 aromatic rings. The van der Waals surface area contributed by atoms with Crippen LogP contribution in [0.15, 0.2) is 78.5 Å². The van der Waals surface area contributed by atoms with Gasteiger partial charge >= 0.3 is 0 Å². The number of para-hydroxylation sites is 1. The van der Waals surface area contributed by atoms with Crippen molar-refractivity contribution >= 4 is 29.8 Å². The van der Waals surface area contributed by atoms with Crippen molar-refractivity contribution in [2.45, 2.75) is 26.1 Å². The van der Waals surface area contributed by atoms with Crippen molar-refractivity contribution in [1.82, 2.24) is 16.0 Å². The van der Waals surface area contributed by atoms with Gasteiger partial charge in [-0.1, -0.05) is 48.6 Å². The van der Waals surface area contributed by atoms with Gasteiger partial charge in [0.25, 0.3) is 5.91 Å². The van der Waals surface area contributed by atoms with Gasteiger partial charge in [0.05, 0.1) is 24.6 Å². The Morgan fingerprint density at radius 1 is 1.09 bits per heavy atom. The summed E-state index contributed by atoms with van der Waals surface area (Å²) in [4.78, 5) is 23.6. The van der Waals surface area contributed by atoms with E-state index in [1.165, 1.54) is 12.1 Å². The molecule has 0 aromatic heterocycles. The van der Waals surface area contributed by atoms with E-state index in [-0.39, 0.29) is 36.8 Å². The number of likely N-dealkylation sites (N-methyl/N-ethyl adjacent to an activating group) is 1. The Morgan fingerprint density at radius 2 is 1.86 bits per heavy atom. The number of amides is 2. The zero-order chi connectivity index (χ0) is 31.9. The number of anilines is 1. The van der Waals surface area contributed by atoms with Crippen LogP contribution in [-0.4, -0.2) is 55.6 Å². The van der Waals surface area contributed by atoms with E-state index in [0.717, 1.165) is 11.1 Å². The molecule has 44 heavy (non-hydrogen) atoms. The lowest BCUT2D eigenvalue weighted by Gasteiger charge is -2.19. The summed E-state index contributed by atoms with van der Waals surface area (Å²) in [7, 11) is 3.25. The number of hydrogen-bond acceptors (Lipinski definition) is 9. The van der Waals surface area contributed by atoms with Gasteiger partial charge in [-0.2, -0.15) is 0 Å². The van der Waals surface area contributed by atoms with E-state index >= 15 is 0 Å². The molecule has 0 bridgehead atoms.